The minimum absolute atomic E-state index is 0.00298. The molecule has 5 heterocycles. The molecule has 43 heteroatoms. The number of hydrogen-bond acceptors (Lipinski definition) is 23. The third-order valence-electron chi connectivity index (χ3n) is 22.6. The second-order valence-electron chi connectivity index (χ2n) is 32.8. The maximum Gasteiger partial charge on any atom is 0.315 e. The van der Waals surface area contributed by atoms with Gasteiger partial charge in [-0.2, -0.15) is 35.3 Å². The number of likely N-dealkylation sites (N-methyl/N-ethyl adjacent to an activating group) is 1. The van der Waals surface area contributed by atoms with Crippen LogP contribution < -0.4 is 97.0 Å². The van der Waals surface area contributed by atoms with E-state index in [1.165, 1.54) is 74.3 Å². The van der Waals surface area contributed by atoms with Gasteiger partial charge in [0.1, 0.15) is 60.1 Å². The van der Waals surface area contributed by atoms with Crippen LogP contribution in [0.25, 0.3) is 21.8 Å². The molecule has 2 fully saturated rings. The van der Waals surface area contributed by atoms with E-state index in [1.54, 1.807) is 37.0 Å². The molecule has 0 bridgehead atoms. The van der Waals surface area contributed by atoms with Crippen molar-refractivity contribution in [3.63, 3.8) is 0 Å². The number of benzene rings is 4. The molecule has 9 rings (SSSR count). The number of hydrogen-bond donors (Lipinski definition) is 22. The lowest BCUT2D eigenvalue weighted by atomic mass is 10.0. The molecule has 4 aromatic carbocycles. The van der Waals surface area contributed by atoms with E-state index in [0.29, 0.717) is 95.1 Å². The lowest BCUT2D eigenvalue weighted by molar-refractivity contribution is -0.139. The number of thioether (sulfide) groups is 3. The fraction of sp³-hybridized carbons (Fsp3) is 0.478. The number of para-hydroxylation sites is 2. The number of H-pyrrole nitrogens is 3. The van der Waals surface area contributed by atoms with Crippen LogP contribution >= 0.6 is 35.3 Å². The summed E-state index contributed by atoms with van der Waals surface area (Å²) >= 11 is 4.50. The third-order valence-corrected chi connectivity index (χ3v) is 25.4. The van der Waals surface area contributed by atoms with Crippen molar-refractivity contribution in [3.05, 3.63) is 156 Å². The van der Waals surface area contributed by atoms with Gasteiger partial charge in [0, 0.05) is 97.1 Å². The number of rotatable bonds is 57. The Bertz CT molecular complexity index is 5110. The summed E-state index contributed by atoms with van der Waals surface area (Å²) < 4.78 is 0. The van der Waals surface area contributed by atoms with E-state index in [1.807, 2.05) is 78.5 Å². The van der Waals surface area contributed by atoms with E-state index in [-0.39, 0.29) is 94.1 Å². The number of nitrogens with zero attached hydrogens (tertiary/aromatic N) is 2. The van der Waals surface area contributed by atoms with E-state index in [0.717, 1.165) is 40.0 Å². The average Bonchev–Trinajstić information content (AvgIpc) is 1.68. The van der Waals surface area contributed by atoms with E-state index >= 15 is 0 Å². The minimum Gasteiger partial charge on any atom is -0.508 e. The van der Waals surface area contributed by atoms with Crippen molar-refractivity contribution in [1.29, 1.82) is 0 Å². The Balaban J connectivity index is 0.783. The van der Waals surface area contributed by atoms with Gasteiger partial charge < -0.3 is 122 Å². The van der Waals surface area contributed by atoms with E-state index in [2.05, 4.69) is 99.7 Å². The Hall–Kier alpha value is -12.7. The number of fused-ring (bicyclic) bond motifs is 3. The maximum absolute atomic E-state index is 14.8. The SMILES string of the molecule is CSCC[C@H](NC(=O)[C@H](C)NC(=O)[C@H](Cc1c[nH]c2ccccc12)NC(=O)CN(C)C(=O)[C@H](Cc1c[nH]cn1)NC(=O)[C@H](Cc1c[nH]c2ccccc12)NC(=O)[C@@H](N)Cc1ccccc1)C(=O)N[C@@H](CCSC)C(=O)N[C@@H](Cc1ccc(O)cc1)C(=O)N[C@@H](CCCCN)C(=O)NCC(=O)NCC(=O)NCC(=O)N[C@@H](CCCCNC(=O)CCCC[C@@H]1SC[C@@H]2NC(=O)N[C@@H]21)C(N)=O. The number of urea groups is 1. The van der Waals surface area contributed by atoms with Gasteiger partial charge in [0.05, 0.1) is 56.3 Å². The number of unbranched alkanes of at least 4 members (excludes halogenated alkanes) is 3. The average molecular weight is 1900 g/mol. The Morgan fingerprint density at radius 2 is 1.02 bits per heavy atom. The third kappa shape index (κ3) is 33.8. The van der Waals surface area contributed by atoms with Crippen molar-refractivity contribution >= 4 is 152 Å². The summed E-state index contributed by atoms with van der Waals surface area (Å²) in [7, 11) is 1.33. The molecule has 0 radical (unpaired) electrons. The van der Waals surface area contributed by atoms with Crippen LogP contribution in [0, 0.1) is 0 Å². The maximum atomic E-state index is 14.8. The molecule has 718 valence electrons. The molecule has 2 aliphatic heterocycles. The highest BCUT2D eigenvalue weighted by Crippen LogP contribution is 2.33. The summed E-state index contributed by atoms with van der Waals surface area (Å²) in [6.45, 7) is -0.669. The number of aromatic amines is 3. The van der Waals surface area contributed by atoms with Crippen LogP contribution in [0.4, 0.5) is 4.79 Å². The summed E-state index contributed by atoms with van der Waals surface area (Å²) in [5.41, 5.74) is 22.2. The second-order valence-corrected chi connectivity index (χ2v) is 36.1. The molecule has 133 heavy (non-hydrogen) atoms. The molecule has 17 amide bonds. The summed E-state index contributed by atoms with van der Waals surface area (Å²) in [6.07, 6.45) is 14.0. The first kappa shape index (κ1) is 104. The highest BCUT2D eigenvalue weighted by atomic mass is 32.2. The molecule has 2 aliphatic rings. The lowest BCUT2D eigenvalue weighted by Gasteiger charge is -2.28. The number of aromatic nitrogens is 4. The number of carbonyl (C=O) groups excluding carboxylic acids is 16. The zero-order valence-electron chi connectivity index (χ0n) is 74.8. The van der Waals surface area contributed by atoms with Gasteiger partial charge in [-0.3, -0.25) is 71.9 Å². The van der Waals surface area contributed by atoms with Crippen molar-refractivity contribution < 1.29 is 81.8 Å². The number of amides is 17. The lowest BCUT2D eigenvalue weighted by Crippen LogP contribution is -2.60. The van der Waals surface area contributed by atoms with Crippen LogP contribution in [-0.4, -0.2) is 278 Å². The molecule has 7 aromatic rings. The van der Waals surface area contributed by atoms with Crippen molar-refractivity contribution in [3.8, 4) is 5.75 Å². The number of phenols is 1. The topological polar surface area (TPSA) is 615 Å². The monoisotopic (exact) mass is 1890 g/mol. The summed E-state index contributed by atoms with van der Waals surface area (Å²) in [5, 5.41) is 52.3. The smallest absolute Gasteiger partial charge is 0.315 e. The van der Waals surface area contributed by atoms with Crippen LogP contribution in [0.15, 0.2) is 128 Å². The quantitative estimate of drug-likeness (QED) is 0.0165. The number of nitrogens with one attached hydrogen (secondary N) is 18. The van der Waals surface area contributed by atoms with E-state index < -0.39 is 169 Å². The Kier molecular flexibility index (Phi) is 42.0. The molecule has 0 unspecified atom stereocenters. The van der Waals surface area contributed by atoms with Crippen molar-refractivity contribution in [2.45, 2.75) is 194 Å². The Morgan fingerprint density at radius 1 is 0.504 bits per heavy atom. The van der Waals surface area contributed by atoms with Gasteiger partial charge in [0.15, 0.2) is 0 Å². The standard InChI is InChI=1S/C90H123N23O17S3/c1-52(102-86(126)69(40-55-43-96-62-22-10-8-20-59(55)62)104-78(119)49-113(2)89(129)71(42-57-45-94-51-101-57)110-88(128)70(41-56-44-97-63-23-11-9-21-60(56)63)108-82(122)61(92)38-53-18-6-5-7-19-53)81(121)105-66(32-36-131-3)84(124)107-67(33-37-132-4)85(125)109-68(39-54-28-30-58(114)31-29-54)87(127)106-65(25-14-16-34-91)83(123)100-47-76(117)98-46-75(116)99-48-77(118)103-64(80(93)120)24-15-17-35-95-74(115)27-13-12-26-73-79-72(50-133-73)111-90(130)112-79/h5-11,18-23,28-31,43-45,51-52,61,64-73,79,96-97,114H,12-17,24-27,32-42,46-50,91-92H2,1-4H3,(H2,93,120)(H,94,101)(H,95,115)(H,98,117)(H,99,116)(H,100,123)(H,102,126)(H,103,118)(H,104,119)(H,105,121)(H,106,127)(H,107,124)(H,108,122)(H,109,125)(H,110,128)(H2,111,112,130)/t52-,61-,64-,65-,66-,67-,68-,69-,70-,71-,72-,73-,79-/m0/s1. The van der Waals surface area contributed by atoms with Crippen LogP contribution in [0.1, 0.15) is 112 Å². The van der Waals surface area contributed by atoms with Gasteiger partial charge in [0.25, 0.3) is 0 Å². The van der Waals surface area contributed by atoms with Crippen molar-refractivity contribution in [1.82, 2.24) is 105 Å². The van der Waals surface area contributed by atoms with Crippen LogP contribution in [0.3, 0.4) is 0 Å². The van der Waals surface area contributed by atoms with Gasteiger partial charge in [-0.05, 0) is 155 Å². The number of imidazole rings is 1. The molecule has 0 aliphatic carbocycles. The first-order valence-corrected chi connectivity index (χ1v) is 48.1. The highest BCUT2D eigenvalue weighted by molar-refractivity contribution is 8.00. The molecule has 0 spiro atoms. The number of phenolic OH excluding ortho intramolecular Hbond substituents is 1. The predicted octanol–water partition coefficient (Wildman–Crippen LogP) is -0.759. The first-order valence-electron chi connectivity index (χ1n) is 44.3. The van der Waals surface area contributed by atoms with Crippen molar-refractivity contribution in [2.75, 3.05) is 76.1 Å². The molecular formula is C90H123N23O17S3. The molecule has 3 aromatic heterocycles. The second kappa shape index (κ2) is 53.7. The summed E-state index contributed by atoms with van der Waals surface area (Å²) in [4.78, 5) is 235. The first-order chi connectivity index (χ1) is 63.9. The fourth-order valence-electron chi connectivity index (χ4n) is 15.3. The van der Waals surface area contributed by atoms with Gasteiger partial charge in [-0.1, -0.05) is 85.3 Å². The molecule has 40 nitrogen and oxygen atoms in total. The molecule has 13 atom stereocenters. The van der Waals surface area contributed by atoms with Gasteiger partial charge in [0.2, 0.25) is 88.6 Å². The van der Waals surface area contributed by atoms with Crippen LogP contribution in [0.2, 0.25) is 0 Å². The number of nitrogens with two attached hydrogens (primary N) is 3. The zero-order valence-corrected chi connectivity index (χ0v) is 77.3. The summed E-state index contributed by atoms with van der Waals surface area (Å²) in [5.74, 6) is -9.96. The zero-order chi connectivity index (χ0) is 95.9. The fourth-order valence-corrected chi connectivity index (χ4v) is 17.8. The normalized spacial score (nSPS) is 16.0. The molecular weight excluding hydrogens is 1770 g/mol. The Morgan fingerprint density at radius 3 is 1.63 bits per heavy atom. The predicted molar refractivity (Wildman–Crippen MR) is 505 cm³/mol. The minimum atomic E-state index is -1.47. The number of aromatic hydroxyl groups is 1. The van der Waals surface area contributed by atoms with Crippen molar-refractivity contribution in [2.24, 2.45) is 17.2 Å². The number of primary amides is 1. The van der Waals surface area contributed by atoms with Gasteiger partial charge >= 0.3 is 6.03 Å². The highest BCUT2D eigenvalue weighted by Gasteiger charge is 2.43. The molecule has 2 saturated heterocycles. The van der Waals surface area contributed by atoms with E-state index in [4.69, 9.17) is 17.2 Å². The Labute approximate surface area is 782 Å². The van der Waals surface area contributed by atoms with E-state index in [9.17, 15) is 81.8 Å². The van der Waals surface area contributed by atoms with Crippen LogP contribution in [0.5, 0.6) is 5.75 Å². The molecule has 25 N–H and O–H groups in total. The summed E-state index contributed by atoms with van der Waals surface area (Å²) in [6, 6.07) is 16.5. The van der Waals surface area contributed by atoms with Crippen LogP contribution in [-0.2, 0) is 104 Å². The molecule has 0 saturated carbocycles. The van der Waals surface area contributed by atoms with Gasteiger partial charge in [-0.15, -0.1) is 0 Å². The largest absolute Gasteiger partial charge is 0.508 e. The number of carbonyl (C=O) groups is 16. The van der Waals surface area contributed by atoms with Gasteiger partial charge in [-0.25, -0.2) is 9.78 Å².